The van der Waals surface area contributed by atoms with Crippen LogP contribution in [0.5, 0.6) is 0 Å². The van der Waals surface area contributed by atoms with Crippen molar-refractivity contribution in [2.75, 3.05) is 0 Å². The van der Waals surface area contributed by atoms with Crippen molar-refractivity contribution in [1.82, 2.24) is 0 Å². The first-order valence-corrected chi connectivity index (χ1v) is 7.24. The van der Waals surface area contributed by atoms with E-state index in [0.717, 1.165) is 27.8 Å². The van der Waals surface area contributed by atoms with Gasteiger partial charge >= 0.3 is 0 Å². The quantitative estimate of drug-likeness (QED) is 0.674. The molecule has 1 unspecified atom stereocenters. The van der Waals surface area contributed by atoms with Gasteiger partial charge in [0.25, 0.3) is 0 Å². The average Bonchev–Trinajstić information content (AvgIpc) is 2.81. The normalized spacial score (nSPS) is 12.7. The Morgan fingerprint density at radius 1 is 1.22 bits per heavy atom. The number of hydrogen-bond acceptors (Lipinski definition) is 1. The third-order valence-corrected chi connectivity index (χ3v) is 4.52. The van der Waals surface area contributed by atoms with Crippen LogP contribution in [0.4, 0.5) is 0 Å². The molecule has 0 N–H and O–H groups in total. The third kappa shape index (κ3) is 2.50. The van der Waals surface area contributed by atoms with Crippen molar-refractivity contribution in [2.24, 2.45) is 0 Å². The number of alkyl halides is 1. The molecule has 0 fully saturated rings. The summed E-state index contributed by atoms with van der Waals surface area (Å²) < 4.78 is 6.58. The summed E-state index contributed by atoms with van der Waals surface area (Å²) >= 11 is 10.2. The van der Waals surface area contributed by atoms with Gasteiger partial charge in [-0.3, -0.25) is 0 Å². The molecule has 1 aromatic heterocycles. The summed E-state index contributed by atoms with van der Waals surface area (Å²) in [7, 11) is 0. The molecule has 0 aliphatic heterocycles. The van der Waals surface area contributed by atoms with Crippen LogP contribution in [-0.2, 0) is 6.42 Å². The molecule has 1 aromatic carbocycles. The van der Waals surface area contributed by atoms with Crippen LogP contribution in [0.15, 0.2) is 33.4 Å². The van der Waals surface area contributed by atoms with Crippen LogP contribution in [0.25, 0.3) is 0 Å². The zero-order valence-electron chi connectivity index (χ0n) is 10.8. The largest absolute Gasteiger partial charge is 0.469 e. The van der Waals surface area contributed by atoms with E-state index < -0.39 is 0 Å². The van der Waals surface area contributed by atoms with E-state index in [1.807, 2.05) is 6.07 Å². The summed E-state index contributed by atoms with van der Waals surface area (Å²) in [6.45, 7) is 6.24. The van der Waals surface area contributed by atoms with Gasteiger partial charge in [0.05, 0.1) is 11.6 Å². The lowest BCUT2D eigenvalue weighted by atomic mass is 9.98. The van der Waals surface area contributed by atoms with Crippen molar-refractivity contribution in [1.29, 1.82) is 0 Å². The minimum absolute atomic E-state index is 0.148. The van der Waals surface area contributed by atoms with Crippen molar-refractivity contribution in [3.05, 3.63) is 56.9 Å². The maximum absolute atomic E-state index is 6.61. The molecular formula is C15H16BrClO. The van der Waals surface area contributed by atoms with Crippen molar-refractivity contribution >= 4 is 27.5 Å². The topological polar surface area (TPSA) is 13.1 Å². The minimum Gasteiger partial charge on any atom is -0.469 e. The Labute approximate surface area is 121 Å². The number of hydrogen-bond donors (Lipinski definition) is 0. The van der Waals surface area contributed by atoms with Crippen LogP contribution in [0.2, 0.25) is 0 Å². The lowest BCUT2D eigenvalue weighted by Crippen LogP contribution is -1.99. The van der Waals surface area contributed by atoms with E-state index in [1.54, 1.807) is 6.26 Å². The van der Waals surface area contributed by atoms with E-state index in [1.165, 1.54) is 11.1 Å². The second-order valence-corrected chi connectivity index (χ2v) is 5.76. The molecule has 0 bridgehead atoms. The van der Waals surface area contributed by atoms with Crippen LogP contribution in [0.1, 0.15) is 40.3 Å². The number of rotatable bonds is 3. The first-order valence-electron chi connectivity index (χ1n) is 6.01. The van der Waals surface area contributed by atoms with Gasteiger partial charge in [0, 0.05) is 16.5 Å². The second-order valence-electron chi connectivity index (χ2n) is 4.47. The van der Waals surface area contributed by atoms with Crippen LogP contribution in [0.3, 0.4) is 0 Å². The van der Waals surface area contributed by atoms with Gasteiger partial charge in [-0.2, -0.15) is 0 Å². The highest BCUT2D eigenvalue weighted by Gasteiger charge is 2.19. The molecule has 0 spiro atoms. The van der Waals surface area contributed by atoms with E-state index in [0.29, 0.717) is 0 Å². The van der Waals surface area contributed by atoms with Crippen molar-refractivity contribution < 1.29 is 4.42 Å². The highest BCUT2D eigenvalue weighted by molar-refractivity contribution is 9.10. The summed E-state index contributed by atoms with van der Waals surface area (Å²) in [6.07, 6.45) is 2.57. The molecule has 1 heterocycles. The zero-order valence-corrected chi connectivity index (χ0v) is 13.1. The predicted molar refractivity (Wildman–Crippen MR) is 79.4 cm³/mol. The lowest BCUT2D eigenvalue weighted by Gasteiger charge is -2.14. The van der Waals surface area contributed by atoms with E-state index in [-0.39, 0.29) is 5.38 Å². The standard InChI is InChI=1S/C15H16BrClO/c1-4-14-11(5-6-18-14)15(17)12-7-10(3)13(16)8-9(12)2/h5-8,15H,4H2,1-3H3. The summed E-state index contributed by atoms with van der Waals surface area (Å²) in [5.41, 5.74) is 4.61. The molecule has 18 heavy (non-hydrogen) atoms. The molecule has 0 amide bonds. The van der Waals surface area contributed by atoms with E-state index in [9.17, 15) is 0 Å². The van der Waals surface area contributed by atoms with Gasteiger partial charge in [-0.25, -0.2) is 0 Å². The molecule has 0 aliphatic rings. The molecule has 0 radical (unpaired) electrons. The Bertz CT molecular complexity index is 560. The maximum atomic E-state index is 6.61. The molecule has 96 valence electrons. The number of benzene rings is 1. The summed E-state index contributed by atoms with van der Waals surface area (Å²) in [6, 6.07) is 6.22. The summed E-state index contributed by atoms with van der Waals surface area (Å²) in [5, 5.41) is -0.148. The number of halogens is 2. The van der Waals surface area contributed by atoms with Crippen LogP contribution in [0, 0.1) is 13.8 Å². The molecule has 1 atom stereocenters. The molecule has 1 nitrogen and oxygen atoms in total. The Kier molecular flexibility index (Phi) is 4.18. The Morgan fingerprint density at radius 3 is 2.61 bits per heavy atom. The van der Waals surface area contributed by atoms with E-state index >= 15 is 0 Å². The van der Waals surface area contributed by atoms with Gasteiger partial charge in [0.2, 0.25) is 0 Å². The fraction of sp³-hybridized carbons (Fsp3) is 0.333. The van der Waals surface area contributed by atoms with Crippen molar-refractivity contribution in [2.45, 2.75) is 32.6 Å². The highest BCUT2D eigenvalue weighted by Crippen LogP contribution is 2.35. The maximum Gasteiger partial charge on any atom is 0.108 e. The van der Waals surface area contributed by atoms with E-state index in [4.69, 9.17) is 16.0 Å². The molecule has 0 aliphatic carbocycles. The van der Waals surface area contributed by atoms with Crippen LogP contribution < -0.4 is 0 Å². The summed E-state index contributed by atoms with van der Waals surface area (Å²) in [4.78, 5) is 0. The fourth-order valence-electron chi connectivity index (χ4n) is 2.11. The van der Waals surface area contributed by atoms with Gasteiger partial charge in [-0.15, -0.1) is 11.6 Å². The van der Waals surface area contributed by atoms with Gasteiger partial charge < -0.3 is 4.42 Å². The number of furan rings is 1. The van der Waals surface area contributed by atoms with Gasteiger partial charge in [0.1, 0.15) is 5.76 Å². The van der Waals surface area contributed by atoms with Crippen LogP contribution >= 0.6 is 27.5 Å². The van der Waals surface area contributed by atoms with Crippen molar-refractivity contribution in [3.8, 4) is 0 Å². The molecule has 2 rings (SSSR count). The number of aryl methyl sites for hydroxylation is 3. The van der Waals surface area contributed by atoms with Gasteiger partial charge in [-0.1, -0.05) is 28.9 Å². The monoisotopic (exact) mass is 326 g/mol. The molecule has 2 aromatic rings. The first-order chi connectivity index (χ1) is 8.54. The lowest BCUT2D eigenvalue weighted by molar-refractivity contribution is 0.512. The van der Waals surface area contributed by atoms with E-state index in [2.05, 4.69) is 48.8 Å². The predicted octanol–water partition coefficient (Wildman–Crippen LogP) is 5.55. The van der Waals surface area contributed by atoms with Gasteiger partial charge in [-0.05, 0) is 42.7 Å². The van der Waals surface area contributed by atoms with Crippen molar-refractivity contribution in [3.63, 3.8) is 0 Å². The Morgan fingerprint density at radius 2 is 1.94 bits per heavy atom. The smallest absolute Gasteiger partial charge is 0.108 e. The molecule has 3 heteroatoms. The average molecular weight is 328 g/mol. The van der Waals surface area contributed by atoms with Gasteiger partial charge in [0.15, 0.2) is 0 Å². The second kappa shape index (κ2) is 5.50. The zero-order chi connectivity index (χ0) is 13.3. The fourth-order valence-corrected chi connectivity index (χ4v) is 2.99. The Balaban J connectivity index is 2.46. The minimum atomic E-state index is -0.148. The summed E-state index contributed by atoms with van der Waals surface area (Å²) in [5.74, 6) is 0.968. The molecular weight excluding hydrogens is 312 g/mol. The SMILES string of the molecule is CCc1occc1C(Cl)c1cc(C)c(Br)cc1C. The Hall–Kier alpha value is -0.730. The molecule has 0 saturated carbocycles. The van der Waals surface area contributed by atoms with Crippen LogP contribution in [-0.4, -0.2) is 0 Å². The third-order valence-electron chi connectivity index (χ3n) is 3.19. The molecule has 0 saturated heterocycles. The highest BCUT2D eigenvalue weighted by atomic mass is 79.9. The first kappa shape index (κ1) is 13.7.